The third-order valence-corrected chi connectivity index (χ3v) is 3.15. The van der Waals surface area contributed by atoms with Crippen molar-refractivity contribution < 1.29 is 19.2 Å². The van der Waals surface area contributed by atoms with Crippen molar-refractivity contribution in [3.8, 4) is 0 Å². The van der Waals surface area contributed by atoms with Crippen LogP contribution in [-0.4, -0.2) is 44.8 Å². The number of hydrogen-bond acceptors (Lipinski definition) is 6. The number of carbonyl (C=O) groups is 4. The molecule has 8 nitrogen and oxygen atoms in total. The second-order valence-corrected chi connectivity index (χ2v) is 4.26. The van der Waals surface area contributed by atoms with E-state index in [9.17, 15) is 19.2 Å². The van der Waals surface area contributed by atoms with Crippen LogP contribution in [0.5, 0.6) is 0 Å². The second kappa shape index (κ2) is 3.94. The first-order valence-corrected chi connectivity index (χ1v) is 5.62. The molecule has 0 aliphatic carbocycles. The molecular weight excluding hydrogens is 252 g/mol. The Morgan fingerprint density at radius 3 is 2.16 bits per heavy atom. The largest absolute Gasteiger partial charge is 0.295 e. The number of rotatable bonds is 1. The van der Waals surface area contributed by atoms with Crippen molar-refractivity contribution in [3.63, 3.8) is 0 Å². The maximum atomic E-state index is 12.1. The van der Waals surface area contributed by atoms with Crippen LogP contribution < -0.4 is 5.32 Å². The molecule has 1 aromatic rings. The minimum atomic E-state index is -0.954. The number of nitrogens with zero attached hydrogens (tertiary/aromatic N) is 3. The standard InChI is InChI=1S/C11H8N4O4/c16-8-2-1-7(9(17)14-8)15-10(18)5-3-12-13-4-6(5)11(15)19/h3-4,7H,1-2H2,(H,14,16,17). The maximum Gasteiger partial charge on any atom is 0.263 e. The van der Waals surface area contributed by atoms with Gasteiger partial charge in [0.2, 0.25) is 11.8 Å². The molecule has 1 aromatic heterocycles. The molecule has 1 unspecified atom stereocenters. The third kappa shape index (κ3) is 1.60. The Balaban J connectivity index is 1.96. The van der Waals surface area contributed by atoms with Gasteiger partial charge in [-0.3, -0.25) is 29.4 Å². The van der Waals surface area contributed by atoms with Gasteiger partial charge in [-0.1, -0.05) is 0 Å². The van der Waals surface area contributed by atoms with E-state index in [2.05, 4.69) is 15.5 Å². The van der Waals surface area contributed by atoms with Crippen molar-refractivity contribution in [2.24, 2.45) is 0 Å². The highest BCUT2D eigenvalue weighted by Crippen LogP contribution is 2.25. The van der Waals surface area contributed by atoms with Gasteiger partial charge in [0.15, 0.2) is 0 Å². The lowest BCUT2D eigenvalue weighted by atomic mass is 10.0. The molecule has 0 saturated carbocycles. The van der Waals surface area contributed by atoms with E-state index in [0.717, 1.165) is 4.90 Å². The summed E-state index contributed by atoms with van der Waals surface area (Å²) in [5.41, 5.74) is 0.259. The first-order chi connectivity index (χ1) is 9.09. The van der Waals surface area contributed by atoms with Gasteiger partial charge in [0.05, 0.1) is 23.5 Å². The summed E-state index contributed by atoms with van der Waals surface area (Å²) in [7, 11) is 0. The minimum absolute atomic E-state index is 0.0975. The predicted octanol–water partition coefficient (Wildman–Crippen LogP) is -1.12. The Hall–Kier alpha value is -2.64. The molecule has 3 rings (SSSR count). The molecule has 96 valence electrons. The minimum Gasteiger partial charge on any atom is -0.295 e. The summed E-state index contributed by atoms with van der Waals surface area (Å²) in [6.45, 7) is 0. The Kier molecular flexibility index (Phi) is 2.37. The normalized spacial score (nSPS) is 22.5. The fourth-order valence-corrected chi connectivity index (χ4v) is 2.23. The van der Waals surface area contributed by atoms with E-state index >= 15 is 0 Å². The summed E-state index contributed by atoms with van der Waals surface area (Å²) in [5, 5.41) is 9.21. The van der Waals surface area contributed by atoms with Crippen molar-refractivity contribution >= 4 is 23.6 Å². The number of nitrogens with one attached hydrogen (secondary N) is 1. The highest BCUT2D eigenvalue weighted by atomic mass is 16.2. The summed E-state index contributed by atoms with van der Waals surface area (Å²) in [6.07, 6.45) is 2.63. The fourth-order valence-electron chi connectivity index (χ4n) is 2.23. The topological polar surface area (TPSA) is 109 Å². The molecule has 2 aliphatic heterocycles. The zero-order valence-electron chi connectivity index (χ0n) is 9.62. The van der Waals surface area contributed by atoms with E-state index in [1.165, 1.54) is 12.4 Å². The van der Waals surface area contributed by atoms with Gasteiger partial charge in [-0.2, -0.15) is 10.2 Å². The smallest absolute Gasteiger partial charge is 0.263 e. The van der Waals surface area contributed by atoms with E-state index in [0.29, 0.717) is 0 Å². The van der Waals surface area contributed by atoms with Crippen molar-refractivity contribution in [2.45, 2.75) is 18.9 Å². The number of piperidine rings is 1. The van der Waals surface area contributed by atoms with Crippen LogP contribution in [0, 0.1) is 0 Å². The van der Waals surface area contributed by atoms with Crippen LogP contribution in [0.4, 0.5) is 0 Å². The molecule has 8 heteroatoms. The summed E-state index contributed by atoms with van der Waals surface area (Å²) in [5.74, 6) is -2.19. The molecule has 1 N–H and O–H groups in total. The summed E-state index contributed by atoms with van der Waals surface area (Å²) < 4.78 is 0. The van der Waals surface area contributed by atoms with Crippen LogP contribution >= 0.6 is 0 Å². The molecule has 3 heterocycles. The summed E-state index contributed by atoms with van der Waals surface area (Å²) in [6, 6.07) is -0.954. The number of amides is 4. The van der Waals surface area contributed by atoms with Crippen molar-refractivity contribution in [1.82, 2.24) is 20.4 Å². The number of imide groups is 2. The first kappa shape index (κ1) is 11.5. The van der Waals surface area contributed by atoms with Gasteiger partial charge < -0.3 is 0 Å². The lowest BCUT2D eigenvalue weighted by molar-refractivity contribution is -0.136. The number of fused-ring (bicyclic) bond motifs is 1. The van der Waals surface area contributed by atoms with Crippen molar-refractivity contribution in [3.05, 3.63) is 23.5 Å². The molecule has 19 heavy (non-hydrogen) atoms. The summed E-state index contributed by atoms with van der Waals surface area (Å²) in [4.78, 5) is 47.9. The lowest BCUT2D eigenvalue weighted by Gasteiger charge is -2.27. The highest BCUT2D eigenvalue weighted by molar-refractivity contribution is 6.23. The van der Waals surface area contributed by atoms with Gasteiger partial charge in [0.1, 0.15) is 6.04 Å². The van der Waals surface area contributed by atoms with Crippen LogP contribution in [0.1, 0.15) is 33.6 Å². The fraction of sp³-hybridized carbons (Fsp3) is 0.273. The molecule has 0 radical (unpaired) electrons. The van der Waals surface area contributed by atoms with Crippen LogP contribution in [0.15, 0.2) is 12.4 Å². The van der Waals surface area contributed by atoms with E-state index in [4.69, 9.17) is 0 Å². The van der Waals surface area contributed by atoms with Crippen LogP contribution in [0.3, 0.4) is 0 Å². The molecular formula is C11H8N4O4. The zero-order chi connectivity index (χ0) is 13.6. The zero-order valence-corrected chi connectivity index (χ0v) is 9.62. The van der Waals surface area contributed by atoms with Gasteiger partial charge in [0, 0.05) is 6.42 Å². The Morgan fingerprint density at radius 2 is 1.63 bits per heavy atom. The molecule has 1 fully saturated rings. The van der Waals surface area contributed by atoms with Crippen LogP contribution in [0.25, 0.3) is 0 Å². The maximum absolute atomic E-state index is 12.1. The average Bonchev–Trinajstić information content (AvgIpc) is 2.64. The Labute approximate surface area is 106 Å². The predicted molar refractivity (Wildman–Crippen MR) is 58.7 cm³/mol. The molecule has 1 saturated heterocycles. The van der Waals surface area contributed by atoms with Crippen molar-refractivity contribution in [2.75, 3.05) is 0 Å². The molecule has 0 aromatic carbocycles. The molecule has 4 amide bonds. The molecule has 1 atom stereocenters. The number of carbonyl (C=O) groups excluding carboxylic acids is 4. The number of hydrogen-bond donors (Lipinski definition) is 1. The molecule has 0 spiro atoms. The van der Waals surface area contributed by atoms with Crippen LogP contribution in [-0.2, 0) is 9.59 Å². The molecule has 2 aliphatic rings. The number of aromatic nitrogens is 2. The quantitative estimate of drug-likeness (QED) is 0.640. The average molecular weight is 260 g/mol. The van der Waals surface area contributed by atoms with E-state index < -0.39 is 29.7 Å². The second-order valence-electron chi connectivity index (χ2n) is 4.26. The summed E-state index contributed by atoms with van der Waals surface area (Å²) >= 11 is 0. The van der Waals surface area contributed by atoms with Gasteiger partial charge in [-0.25, -0.2) is 0 Å². The van der Waals surface area contributed by atoms with Gasteiger partial charge in [0.25, 0.3) is 11.8 Å². The Morgan fingerprint density at radius 1 is 1.05 bits per heavy atom. The van der Waals surface area contributed by atoms with Gasteiger partial charge in [-0.05, 0) is 6.42 Å². The monoisotopic (exact) mass is 260 g/mol. The van der Waals surface area contributed by atoms with E-state index in [1.807, 2.05) is 0 Å². The van der Waals surface area contributed by atoms with E-state index in [-0.39, 0.29) is 24.0 Å². The SMILES string of the molecule is O=C1CCC(N2C(=O)c3cnncc3C2=O)C(=O)N1. The first-order valence-electron chi connectivity index (χ1n) is 5.62. The van der Waals surface area contributed by atoms with Crippen LogP contribution in [0.2, 0.25) is 0 Å². The van der Waals surface area contributed by atoms with Gasteiger partial charge in [-0.15, -0.1) is 0 Å². The highest BCUT2D eigenvalue weighted by Gasteiger charge is 2.44. The van der Waals surface area contributed by atoms with Gasteiger partial charge >= 0.3 is 0 Å². The van der Waals surface area contributed by atoms with Crippen molar-refractivity contribution in [1.29, 1.82) is 0 Å². The lowest BCUT2D eigenvalue weighted by Crippen LogP contribution is -2.54. The third-order valence-electron chi connectivity index (χ3n) is 3.15. The molecule has 0 bridgehead atoms. The van der Waals surface area contributed by atoms with E-state index in [1.54, 1.807) is 0 Å². The Bertz CT molecular complexity index is 592.